The minimum atomic E-state index is -3.63. The Morgan fingerprint density at radius 1 is 1.00 bits per heavy atom. The topological polar surface area (TPSA) is 60.9 Å². The Bertz CT molecular complexity index is 968. The third-order valence-electron chi connectivity index (χ3n) is 5.56. The van der Waals surface area contributed by atoms with Crippen LogP contribution in [-0.4, -0.2) is 57.3 Å². The van der Waals surface area contributed by atoms with E-state index in [2.05, 4.69) is 4.90 Å². The molecule has 0 N–H and O–H groups in total. The third-order valence-corrected chi connectivity index (χ3v) is 7.37. The van der Waals surface area contributed by atoms with Crippen molar-refractivity contribution in [3.05, 3.63) is 59.7 Å². The fraction of sp³-hybridized carbons (Fsp3) is 0.435. The predicted molar refractivity (Wildman–Crippen MR) is 120 cm³/mol. The molecule has 1 aliphatic heterocycles. The summed E-state index contributed by atoms with van der Waals surface area (Å²) in [5.74, 6) is -0.141. The van der Waals surface area contributed by atoms with Crippen LogP contribution < -0.4 is 4.90 Å². The number of piperidine rings is 1. The van der Waals surface area contributed by atoms with Crippen molar-refractivity contribution < 1.29 is 13.2 Å². The van der Waals surface area contributed by atoms with Crippen LogP contribution in [0.25, 0.3) is 0 Å². The molecular formula is C23H31N3O3S. The van der Waals surface area contributed by atoms with Crippen molar-refractivity contribution in [2.75, 3.05) is 38.6 Å². The highest BCUT2D eigenvalue weighted by Crippen LogP contribution is 2.29. The Labute approximate surface area is 180 Å². The molecule has 0 radical (unpaired) electrons. The maximum atomic E-state index is 13.6. The molecule has 7 heteroatoms. The molecule has 0 unspecified atom stereocenters. The van der Waals surface area contributed by atoms with E-state index in [1.54, 1.807) is 23.1 Å². The van der Waals surface area contributed by atoms with Crippen molar-refractivity contribution in [1.29, 1.82) is 0 Å². The molecule has 1 saturated heterocycles. The minimum Gasteiger partial charge on any atom is -0.371 e. The molecule has 2 aromatic rings. The molecule has 1 amide bonds. The number of rotatable bonds is 7. The van der Waals surface area contributed by atoms with Crippen LogP contribution in [0.15, 0.2) is 53.4 Å². The van der Waals surface area contributed by atoms with Gasteiger partial charge in [-0.15, -0.1) is 0 Å². The summed E-state index contributed by atoms with van der Waals surface area (Å²) < 4.78 is 26.6. The minimum absolute atomic E-state index is 0.141. The van der Waals surface area contributed by atoms with Crippen LogP contribution in [0.3, 0.4) is 0 Å². The lowest BCUT2D eigenvalue weighted by Crippen LogP contribution is -2.35. The van der Waals surface area contributed by atoms with Gasteiger partial charge in [-0.2, -0.15) is 0 Å². The highest BCUT2D eigenvalue weighted by molar-refractivity contribution is 7.89. The van der Waals surface area contributed by atoms with Crippen LogP contribution in [-0.2, 0) is 16.6 Å². The second-order valence-electron chi connectivity index (χ2n) is 7.82. The van der Waals surface area contributed by atoms with Crippen molar-refractivity contribution in [1.82, 2.24) is 9.21 Å². The van der Waals surface area contributed by atoms with Gasteiger partial charge in [-0.3, -0.25) is 4.79 Å². The van der Waals surface area contributed by atoms with E-state index in [-0.39, 0.29) is 10.8 Å². The summed E-state index contributed by atoms with van der Waals surface area (Å²) in [5, 5.41) is 0. The average Bonchev–Trinajstić information content (AvgIpc) is 2.77. The van der Waals surface area contributed by atoms with Crippen LogP contribution in [0.4, 0.5) is 5.69 Å². The lowest BCUT2D eigenvalue weighted by molar-refractivity contribution is 0.0753. The standard InChI is InChI=1S/C23H31N3O3S/c1-4-25(18-19-11-7-5-8-12-19)23(27)21-17-20(30(28,29)24(2)3)13-14-22(21)26-15-9-6-10-16-26/h5,7-8,11-14,17H,4,6,9-10,15-16,18H2,1-3H3. The molecule has 3 rings (SSSR count). The zero-order valence-electron chi connectivity index (χ0n) is 18.0. The number of sulfonamides is 1. The molecule has 30 heavy (non-hydrogen) atoms. The maximum absolute atomic E-state index is 13.6. The van der Waals surface area contributed by atoms with Gasteiger partial charge in [0.05, 0.1) is 10.5 Å². The zero-order valence-corrected chi connectivity index (χ0v) is 18.9. The van der Waals surface area contributed by atoms with E-state index in [1.807, 2.05) is 37.3 Å². The van der Waals surface area contributed by atoms with Gasteiger partial charge in [0, 0.05) is 46.0 Å². The SMILES string of the molecule is CCN(Cc1ccccc1)C(=O)c1cc(S(=O)(=O)N(C)C)ccc1N1CCCCC1. The molecule has 0 saturated carbocycles. The van der Waals surface area contributed by atoms with Crippen LogP contribution in [0.5, 0.6) is 0 Å². The van der Waals surface area contributed by atoms with E-state index in [9.17, 15) is 13.2 Å². The van der Waals surface area contributed by atoms with Crippen LogP contribution >= 0.6 is 0 Å². The Kier molecular flexibility index (Phi) is 7.15. The Balaban J connectivity index is 2.02. The number of hydrogen-bond acceptors (Lipinski definition) is 4. The van der Waals surface area contributed by atoms with Gasteiger partial charge >= 0.3 is 0 Å². The molecule has 6 nitrogen and oxygen atoms in total. The van der Waals surface area contributed by atoms with Gasteiger partial charge < -0.3 is 9.80 Å². The van der Waals surface area contributed by atoms with E-state index in [0.29, 0.717) is 18.7 Å². The second-order valence-corrected chi connectivity index (χ2v) is 9.97. The first-order valence-electron chi connectivity index (χ1n) is 10.5. The van der Waals surface area contributed by atoms with E-state index >= 15 is 0 Å². The molecule has 1 aliphatic rings. The zero-order chi connectivity index (χ0) is 21.7. The summed E-state index contributed by atoms with van der Waals surface area (Å²) in [5.41, 5.74) is 2.32. The first-order valence-corrected chi connectivity index (χ1v) is 11.9. The largest absolute Gasteiger partial charge is 0.371 e. The molecule has 0 bridgehead atoms. The van der Waals surface area contributed by atoms with Gasteiger partial charge in [0.25, 0.3) is 5.91 Å². The summed E-state index contributed by atoms with van der Waals surface area (Å²) in [7, 11) is -0.621. The van der Waals surface area contributed by atoms with Crippen LogP contribution in [0.2, 0.25) is 0 Å². The quantitative estimate of drug-likeness (QED) is 0.675. The summed E-state index contributed by atoms with van der Waals surface area (Å²) >= 11 is 0. The van der Waals surface area contributed by atoms with Gasteiger partial charge in [-0.25, -0.2) is 12.7 Å². The number of carbonyl (C=O) groups is 1. The normalized spacial score (nSPS) is 14.7. The first kappa shape index (κ1) is 22.3. The predicted octanol–water partition coefficient (Wildman–Crippen LogP) is 3.59. The van der Waals surface area contributed by atoms with Crippen molar-refractivity contribution in [2.24, 2.45) is 0 Å². The number of anilines is 1. The molecular weight excluding hydrogens is 398 g/mol. The second kappa shape index (κ2) is 9.62. The van der Waals surface area contributed by atoms with Gasteiger partial charge in [0.2, 0.25) is 10.0 Å². The van der Waals surface area contributed by atoms with Gasteiger partial charge in [-0.1, -0.05) is 30.3 Å². The number of benzene rings is 2. The first-order chi connectivity index (χ1) is 14.3. The van der Waals surface area contributed by atoms with Crippen LogP contribution in [0, 0.1) is 0 Å². The Morgan fingerprint density at radius 2 is 1.67 bits per heavy atom. The molecule has 0 spiro atoms. The van der Waals surface area contributed by atoms with Crippen LogP contribution in [0.1, 0.15) is 42.1 Å². The van der Waals surface area contributed by atoms with E-state index in [4.69, 9.17) is 0 Å². The number of amides is 1. The van der Waals surface area contributed by atoms with Gasteiger partial charge in [0.1, 0.15) is 0 Å². The molecule has 162 valence electrons. The van der Waals surface area contributed by atoms with E-state index in [1.165, 1.54) is 24.8 Å². The lowest BCUT2D eigenvalue weighted by atomic mass is 10.1. The van der Waals surface area contributed by atoms with Gasteiger partial charge in [-0.05, 0) is 49.9 Å². The van der Waals surface area contributed by atoms with Gasteiger partial charge in [0.15, 0.2) is 0 Å². The molecule has 0 atom stereocenters. The third kappa shape index (κ3) is 4.84. The molecule has 0 aliphatic carbocycles. The number of nitrogens with zero attached hydrogens (tertiary/aromatic N) is 3. The fourth-order valence-corrected chi connectivity index (χ4v) is 4.70. The summed E-state index contributed by atoms with van der Waals surface area (Å²) in [6.07, 6.45) is 3.34. The molecule has 1 heterocycles. The highest BCUT2D eigenvalue weighted by atomic mass is 32.2. The molecule has 0 aromatic heterocycles. The monoisotopic (exact) mass is 429 g/mol. The Morgan fingerprint density at radius 3 is 2.27 bits per heavy atom. The Hall–Kier alpha value is -2.38. The smallest absolute Gasteiger partial charge is 0.256 e. The molecule has 1 fully saturated rings. The maximum Gasteiger partial charge on any atom is 0.256 e. The average molecular weight is 430 g/mol. The van der Waals surface area contributed by atoms with Crippen molar-refractivity contribution >= 4 is 21.6 Å². The number of carbonyl (C=O) groups excluding carboxylic acids is 1. The molecule has 2 aromatic carbocycles. The van der Waals surface area contributed by atoms with Crippen molar-refractivity contribution in [3.63, 3.8) is 0 Å². The highest BCUT2D eigenvalue weighted by Gasteiger charge is 2.26. The summed E-state index contributed by atoms with van der Waals surface area (Å²) in [6.45, 7) is 4.73. The lowest BCUT2D eigenvalue weighted by Gasteiger charge is -2.32. The van der Waals surface area contributed by atoms with Crippen molar-refractivity contribution in [2.45, 2.75) is 37.6 Å². The van der Waals surface area contributed by atoms with E-state index < -0.39 is 10.0 Å². The summed E-state index contributed by atoms with van der Waals surface area (Å²) in [6, 6.07) is 14.8. The fourth-order valence-electron chi connectivity index (χ4n) is 3.77. The van der Waals surface area contributed by atoms with Crippen molar-refractivity contribution in [3.8, 4) is 0 Å². The number of hydrogen-bond donors (Lipinski definition) is 0. The summed E-state index contributed by atoms with van der Waals surface area (Å²) in [4.78, 5) is 17.7. The van der Waals surface area contributed by atoms with E-state index in [0.717, 1.165) is 37.2 Å².